The van der Waals surface area contributed by atoms with Crippen LogP contribution in [0.2, 0.25) is 0 Å². The van der Waals surface area contributed by atoms with Crippen molar-refractivity contribution in [2.24, 2.45) is 5.92 Å². The molecular weight excluding hydrogens is 516 g/mol. The van der Waals surface area contributed by atoms with Crippen molar-refractivity contribution in [3.63, 3.8) is 0 Å². The molecular formula is C23H34O15. The van der Waals surface area contributed by atoms with E-state index in [0.717, 1.165) is 34.6 Å². The Morgan fingerprint density at radius 3 is 1.66 bits per heavy atom. The highest BCUT2D eigenvalue weighted by Crippen LogP contribution is 2.35. The molecule has 10 unspecified atom stereocenters. The first kappa shape index (κ1) is 31.4. The monoisotopic (exact) mass is 550 g/mol. The van der Waals surface area contributed by atoms with E-state index in [4.69, 9.17) is 37.9 Å². The summed E-state index contributed by atoms with van der Waals surface area (Å²) < 4.78 is 43.7. The molecule has 38 heavy (non-hydrogen) atoms. The van der Waals surface area contributed by atoms with Gasteiger partial charge < -0.3 is 48.1 Å². The van der Waals surface area contributed by atoms with Crippen LogP contribution >= 0.6 is 0 Å². The maximum absolute atomic E-state index is 12.0. The lowest BCUT2D eigenvalue weighted by atomic mass is 9.91. The summed E-state index contributed by atoms with van der Waals surface area (Å²) in [6, 6.07) is 0. The van der Waals surface area contributed by atoms with Crippen LogP contribution in [0.3, 0.4) is 0 Å². The van der Waals surface area contributed by atoms with Crippen molar-refractivity contribution in [2.45, 2.75) is 96.9 Å². The third-order valence-corrected chi connectivity index (χ3v) is 5.68. The average Bonchev–Trinajstić information content (AvgIpc) is 2.79. The van der Waals surface area contributed by atoms with Crippen LogP contribution < -0.4 is 0 Å². The lowest BCUT2D eigenvalue weighted by Crippen LogP contribution is -2.65. The van der Waals surface area contributed by atoms with Crippen molar-refractivity contribution in [3.8, 4) is 0 Å². The van der Waals surface area contributed by atoms with E-state index in [2.05, 4.69) is 0 Å². The second-order valence-electron chi connectivity index (χ2n) is 8.85. The number of carbonyl (C=O) groups is 5. The minimum absolute atomic E-state index is 0.438. The summed E-state index contributed by atoms with van der Waals surface area (Å²) in [5.41, 5.74) is 0. The van der Waals surface area contributed by atoms with E-state index in [1.165, 1.54) is 0 Å². The topological polar surface area (TPSA) is 200 Å². The molecule has 0 aromatic carbocycles. The van der Waals surface area contributed by atoms with E-state index in [1.807, 2.05) is 0 Å². The van der Waals surface area contributed by atoms with Gasteiger partial charge in [0.2, 0.25) is 6.29 Å². The average molecular weight is 551 g/mol. The molecule has 0 aromatic rings. The smallest absolute Gasteiger partial charge is 0.304 e. The summed E-state index contributed by atoms with van der Waals surface area (Å²) >= 11 is 0. The zero-order valence-corrected chi connectivity index (χ0v) is 21.9. The maximum atomic E-state index is 12.0. The number of hydrogen-bond acceptors (Lipinski definition) is 15. The lowest BCUT2D eigenvalue weighted by molar-refractivity contribution is -0.351. The van der Waals surface area contributed by atoms with Gasteiger partial charge in [0, 0.05) is 34.6 Å². The third-order valence-electron chi connectivity index (χ3n) is 5.68. The summed E-state index contributed by atoms with van der Waals surface area (Å²) in [6.45, 7) is 5.93. The maximum Gasteiger partial charge on any atom is 0.304 e. The Labute approximate surface area is 218 Å². The highest BCUT2D eigenvalue weighted by molar-refractivity contribution is 5.68. The van der Waals surface area contributed by atoms with Gasteiger partial charge in [-0.1, -0.05) is 6.92 Å². The Morgan fingerprint density at radius 2 is 1.16 bits per heavy atom. The second kappa shape index (κ2) is 13.8. The van der Waals surface area contributed by atoms with Crippen LogP contribution in [-0.4, -0.2) is 109 Å². The molecule has 0 spiro atoms. The molecule has 0 aromatic heterocycles. The molecule has 2 N–H and O–H groups in total. The summed E-state index contributed by atoms with van der Waals surface area (Å²) in [6.07, 6.45) is -12.5. The fourth-order valence-electron chi connectivity index (χ4n) is 4.15. The van der Waals surface area contributed by atoms with E-state index in [9.17, 15) is 34.2 Å². The SMILES string of the molecule is CC(=O)OCC1OC(OC(C)=O)C(C)C(OC(C)=O)C1OC1OC(CO)C(O)C(OC(C)=O)C1OC(C)=O. The highest BCUT2D eigenvalue weighted by atomic mass is 16.8. The van der Waals surface area contributed by atoms with Gasteiger partial charge in [-0.05, 0) is 0 Å². The van der Waals surface area contributed by atoms with E-state index in [1.54, 1.807) is 6.92 Å². The van der Waals surface area contributed by atoms with Crippen molar-refractivity contribution < 1.29 is 72.1 Å². The molecule has 0 radical (unpaired) electrons. The number of hydrogen-bond donors (Lipinski definition) is 2. The zero-order valence-electron chi connectivity index (χ0n) is 21.9. The molecule has 0 aliphatic carbocycles. The normalized spacial score (nSPS) is 34.9. The zero-order chi connectivity index (χ0) is 28.7. The van der Waals surface area contributed by atoms with Crippen LogP contribution in [0, 0.1) is 5.92 Å². The number of esters is 5. The van der Waals surface area contributed by atoms with Gasteiger partial charge >= 0.3 is 29.8 Å². The van der Waals surface area contributed by atoms with Gasteiger partial charge in [0.25, 0.3) is 0 Å². The summed E-state index contributed by atoms with van der Waals surface area (Å²) in [5.74, 6) is -4.58. The molecule has 2 saturated heterocycles. The van der Waals surface area contributed by atoms with E-state index >= 15 is 0 Å². The Hall–Kier alpha value is -2.85. The van der Waals surface area contributed by atoms with Gasteiger partial charge in [-0.15, -0.1) is 0 Å². The van der Waals surface area contributed by atoms with Crippen molar-refractivity contribution in [1.29, 1.82) is 0 Å². The first-order chi connectivity index (χ1) is 17.7. The molecule has 15 heteroatoms. The van der Waals surface area contributed by atoms with Gasteiger partial charge in [0.05, 0.1) is 12.5 Å². The van der Waals surface area contributed by atoms with Gasteiger partial charge in [-0.25, -0.2) is 0 Å². The molecule has 2 fully saturated rings. The Morgan fingerprint density at radius 1 is 0.658 bits per heavy atom. The molecule has 2 aliphatic heterocycles. The Balaban J connectivity index is 2.50. The summed E-state index contributed by atoms with van der Waals surface area (Å²) in [5, 5.41) is 20.3. The lowest BCUT2D eigenvalue weighted by Gasteiger charge is -2.48. The van der Waals surface area contributed by atoms with E-state index in [-0.39, 0.29) is 0 Å². The number of rotatable bonds is 9. The summed E-state index contributed by atoms with van der Waals surface area (Å²) in [4.78, 5) is 58.8. The fraction of sp³-hybridized carbons (Fsp3) is 0.783. The largest absolute Gasteiger partial charge is 0.463 e. The van der Waals surface area contributed by atoms with Crippen molar-refractivity contribution in [1.82, 2.24) is 0 Å². The van der Waals surface area contributed by atoms with Gasteiger partial charge in [0.1, 0.15) is 37.1 Å². The van der Waals surface area contributed by atoms with Crippen LogP contribution in [0.4, 0.5) is 0 Å². The number of aliphatic hydroxyl groups is 2. The van der Waals surface area contributed by atoms with Crippen LogP contribution in [0.25, 0.3) is 0 Å². The molecule has 15 nitrogen and oxygen atoms in total. The minimum atomic E-state index is -1.61. The van der Waals surface area contributed by atoms with Gasteiger partial charge in [-0.2, -0.15) is 0 Å². The van der Waals surface area contributed by atoms with E-state index in [0.29, 0.717) is 0 Å². The minimum Gasteiger partial charge on any atom is -0.463 e. The molecule has 0 bridgehead atoms. The van der Waals surface area contributed by atoms with Crippen molar-refractivity contribution in [2.75, 3.05) is 13.2 Å². The first-order valence-corrected chi connectivity index (χ1v) is 11.8. The number of ether oxygens (including phenoxy) is 8. The fourth-order valence-corrected chi connectivity index (χ4v) is 4.15. The van der Waals surface area contributed by atoms with Crippen LogP contribution in [0.1, 0.15) is 41.5 Å². The first-order valence-electron chi connectivity index (χ1n) is 11.8. The van der Waals surface area contributed by atoms with Crippen LogP contribution in [0.15, 0.2) is 0 Å². The predicted octanol–water partition coefficient (Wildman–Crippen LogP) is -1.27. The van der Waals surface area contributed by atoms with Crippen LogP contribution in [0.5, 0.6) is 0 Å². The molecule has 2 heterocycles. The highest BCUT2D eigenvalue weighted by Gasteiger charge is 2.54. The van der Waals surface area contributed by atoms with Crippen molar-refractivity contribution >= 4 is 29.8 Å². The molecule has 2 aliphatic rings. The van der Waals surface area contributed by atoms with E-state index < -0.39 is 104 Å². The Bertz CT molecular complexity index is 875. The number of carbonyl (C=O) groups excluding carboxylic acids is 5. The Kier molecular flexibility index (Phi) is 11.4. The molecule has 0 amide bonds. The molecule has 216 valence electrons. The van der Waals surface area contributed by atoms with Crippen molar-refractivity contribution in [3.05, 3.63) is 0 Å². The second-order valence-corrected chi connectivity index (χ2v) is 8.85. The van der Waals surface area contributed by atoms with Gasteiger partial charge in [0.15, 0.2) is 18.5 Å². The standard InChI is InChI=1S/C23H34O15/c1-9-18(32-11(3)26)19(16(8-31-10(2)25)37-22(9)35-14(6)29)38-23-21(34-13(5)28)20(33-12(4)27)17(30)15(7-24)36-23/h9,15-24,30H,7-8H2,1-6H3. The molecule has 10 atom stereocenters. The number of aliphatic hydroxyl groups excluding tert-OH is 2. The predicted molar refractivity (Wildman–Crippen MR) is 120 cm³/mol. The summed E-state index contributed by atoms with van der Waals surface area (Å²) in [7, 11) is 0. The third kappa shape index (κ3) is 8.33. The molecule has 2 rings (SSSR count). The van der Waals surface area contributed by atoms with Gasteiger partial charge in [-0.3, -0.25) is 24.0 Å². The van der Waals surface area contributed by atoms with Crippen LogP contribution in [-0.2, 0) is 61.9 Å². The molecule has 0 saturated carbocycles. The quantitative estimate of drug-likeness (QED) is 0.254.